The summed E-state index contributed by atoms with van der Waals surface area (Å²) in [6, 6.07) is 20.9. The Hall–Kier alpha value is -2.92. The van der Waals surface area contributed by atoms with Gasteiger partial charge in [-0.3, -0.25) is 14.4 Å². The Bertz CT molecular complexity index is 915. The number of likely N-dealkylation sites (tertiary alicyclic amines) is 1. The summed E-state index contributed by atoms with van der Waals surface area (Å²) >= 11 is 0. The third kappa shape index (κ3) is 5.36. The SMILES string of the molecule is O=C(NC[C@H](c1ccccc1)N1CCCCCC1)c1cnn(Cc2ccccc2)c1. The molecule has 1 saturated heterocycles. The first-order valence-electron chi connectivity index (χ1n) is 10.9. The summed E-state index contributed by atoms with van der Waals surface area (Å²) in [6.45, 7) is 3.44. The molecule has 3 aromatic rings. The maximum absolute atomic E-state index is 12.8. The zero-order valence-electron chi connectivity index (χ0n) is 17.4. The molecule has 5 nitrogen and oxygen atoms in total. The van der Waals surface area contributed by atoms with Crippen molar-refractivity contribution in [1.82, 2.24) is 20.0 Å². The van der Waals surface area contributed by atoms with Crippen LogP contribution in [0.3, 0.4) is 0 Å². The normalized spacial score (nSPS) is 16.0. The van der Waals surface area contributed by atoms with Crippen molar-refractivity contribution in [3.63, 3.8) is 0 Å². The van der Waals surface area contributed by atoms with E-state index in [-0.39, 0.29) is 11.9 Å². The third-order valence-electron chi connectivity index (χ3n) is 5.80. The van der Waals surface area contributed by atoms with Gasteiger partial charge in [-0.05, 0) is 37.1 Å². The van der Waals surface area contributed by atoms with E-state index in [1.807, 2.05) is 35.1 Å². The lowest BCUT2D eigenvalue weighted by molar-refractivity contribution is 0.0933. The predicted molar refractivity (Wildman–Crippen MR) is 119 cm³/mol. The highest BCUT2D eigenvalue weighted by atomic mass is 16.1. The molecule has 0 unspecified atom stereocenters. The van der Waals surface area contributed by atoms with Crippen molar-refractivity contribution in [2.45, 2.75) is 38.3 Å². The third-order valence-corrected chi connectivity index (χ3v) is 5.80. The highest BCUT2D eigenvalue weighted by molar-refractivity contribution is 5.93. The number of rotatable bonds is 7. The fourth-order valence-electron chi connectivity index (χ4n) is 4.17. The van der Waals surface area contributed by atoms with Crippen LogP contribution in [0.1, 0.15) is 53.2 Å². The standard InChI is InChI=1S/C25H30N4O/c30-25(23-17-27-29(20-23)19-21-11-5-3-6-12-21)26-18-24(22-13-7-4-8-14-22)28-15-9-1-2-10-16-28/h3-8,11-14,17,20,24H,1-2,9-10,15-16,18-19H2,(H,26,30)/t24-/m1/s1. The molecule has 0 bridgehead atoms. The molecule has 0 radical (unpaired) electrons. The van der Waals surface area contributed by atoms with E-state index in [1.165, 1.54) is 31.2 Å². The Morgan fingerprint density at radius 1 is 0.933 bits per heavy atom. The fourth-order valence-corrected chi connectivity index (χ4v) is 4.17. The Balaban J connectivity index is 1.41. The Morgan fingerprint density at radius 3 is 2.30 bits per heavy atom. The van der Waals surface area contributed by atoms with Crippen LogP contribution >= 0.6 is 0 Å². The van der Waals surface area contributed by atoms with Gasteiger partial charge in [0.1, 0.15) is 0 Å². The molecule has 1 aromatic heterocycles. The van der Waals surface area contributed by atoms with Gasteiger partial charge in [0.25, 0.3) is 5.91 Å². The van der Waals surface area contributed by atoms with Crippen LogP contribution in [0.4, 0.5) is 0 Å². The van der Waals surface area contributed by atoms with Crippen LogP contribution in [0.15, 0.2) is 73.1 Å². The van der Waals surface area contributed by atoms with Gasteiger partial charge in [-0.15, -0.1) is 0 Å². The molecule has 0 spiro atoms. The molecule has 0 aliphatic carbocycles. The minimum atomic E-state index is -0.0648. The van der Waals surface area contributed by atoms with E-state index in [0.717, 1.165) is 18.7 Å². The number of aromatic nitrogens is 2. The van der Waals surface area contributed by atoms with Gasteiger partial charge >= 0.3 is 0 Å². The van der Waals surface area contributed by atoms with Crippen molar-refractivity contribution < 1.29 is 4.79 Å². The summed E-state index contributed by atoms with van der Waals surface area (Å²) in [5.41, 5.74) is 3.03. The topological polar surface area (TPSA) is 50.2 Å². The van der Waals surface area contributed by atoms with Crippen molar-refractivity contribution in [2.75, 3.05) is 19.6 Å². The second-order valence-electron chi connectivity index (χ2n) is 8.00. The number of amides is 1. The van der Waals surface area contributed by atoms with E-state index >= 15 is 0 Å². The average Bonchev–Trinajstić information content (AvgIpc) is 3.09. The number of carbonyl (C=O) groups is 1. The Labute approximate surface area is 178 Å². The van der Waals surface area contributed by atoms with E-state index in [9.17, 15) is 4.79 Å². The lowest BCUT2D eigenvalue weighted by atomic mass is 10.0. The van der Waals surface area contributed by atoms with E-state index in [2.05, 4.69) is 51.7 Å². The molecule has 1 aliphatic heterocycles. The van der Waals surface area contributed by atoms with Crippen LogP contribution in [0.5, 0.6) is 0 Å². The summed E-state index contributed by atoms with van der Waals surface area (Å²) in [5, 5.41) is 7.52. The maximum Gasteiger partial charge on any atom is 0.254 e. The van der Waals surface area contributed by atoms with Gasteiger partial charge in [0.15, 0.2) is 0 Å². The van der Waals surface area contributed by atoms with Gasteiger partial charge in [-0.25, -0.2) is 0 Å². The summed E-state index contributed by atoms with van der Waals surface area (Å²) in [7, 11) is 0. The summed E-state index contributed by atoms with van der Waals surface area (Å²) in [6.07, 6.45) is 8.52. The number of nitrogens with zero attached hydrogens (tertiary/aromatic N) is 3. The molecule has 1 fully saturated rings. The molecule has 1 aliphatic rings. The summed E-state index contributed by atoms with van der Waals surface area (Å²) in [4.78, 5) is 15.3. The van der Waals surface area contributed by atoms with Crippen LogP contribution in [-0.2, 0) is 6.54 Å². The number of nitrogens with one attached hydrogen (secondary N) is 1. The van der Waals surface area contributed by atoms with Crippen LogP contribution in [0.25, 0.3) is 0 Å². The molecule has 1 atom stereocenters. The molecule has 2 aromatic carbocycles. The van der Waals surface area contributed by atoms with E-state index in [4.69, 9.17) is 0 Å². The smallest absolute Gasteiger partial charge is 0.254 e. The number of carbonyl (C=O) groups excluding carboxylic acids is 1. The van der Waals surface area contributed by atoms with Gasteiger partial charge in [0.2, 0.25) is 0 Å². The first-order chi connectivity index (χ1) is 14.8. The molecule has 1 amide bonds. The molecule has 1 N–H and O–H groups in total. The largest absolute Gasteiger partial charge is 0.350 e. The van der Waals surface area contributed by atoms with E-state index < -0.39 is 0 Å². The van der Waals surface area contributed by atoms with Crippen LogP contribution in [0.2, 0.25) is 0 Å². The van der Waals surface area contributed by atoms with Crippen molar-refractivity contribution in [3.05, 3.63) is 89.7 Å². The van der Waals surface area contributed by atoms with Crippen molar-refractivity contribution in [3.8, 4) is 0 Å². The summed E-state index contributed by atoms with van der Waals surface area (Å²) < 4.78 is 1.81. The molecule has 0 saturated carbocycles. The molecular weight excluding hydrogens is 372 g/mol. The first-order valence-corrected chi connectivity index (χ1v) is 10.9. The second-order valence-corrected chi connectivity index (χ2v) is 8.00. The highest BCUT2D eigenvalue weighted by Gasteiger charge is 2.22. The Morgan fingerprint density at radius 2 is 1.60 bits per heavy atom. The summed E-state index contributed by atoms with van der Waals surface area (Å²) in [5.74, 6) is -0.0648. The van der Waals surface area contributed by atoms with Gasteiger partial charge in [-0.2, -0.15) is 5.10 Å². The van der Waals surface area contributed by atoms with Gasteiger partial charge in [0.05, 0.1) is 24.3 Å². The minimum Gasteiger partial charge on any atom is -0.350 e. The lowest BCUT2D eigenvalue weighted by Gasteiger charge is -2.31. The lowest BCUT2D eigenvalue weighted by Crippen LogP contribution is -2.38. The second kappa shape index (κ2) is 10.2. The molecule has 30 heavy (non-hydrogen) atoms. The molecule has 4 rings (SSSR count). The Kier molecular flexibility index (Phi) is 6.93. The van der Waals surface area contributed by atoms with Crippen molar-refractivity contribution in [2.24, 2.45) is 0 Å². The zero-order chi connectivity index (χ0) is 20.6. The fraction of sp³-hybridized carbons (Fsp3) is 0.360. The maximum atomic E-state index is 12.8. The molecule has 5 heteroatoms. The van der Waals surface area contributed by atoms with E-state index in [1.54, 1.807) is 6.20 Å². The number of benzene rings is 2. The number of hydrogen-bond donors (Lipinski definition) is 1. The molecular formula is C25H30N4O. The highest BCUT2D eigenvalue weighted by Crippen LogP contribution is 2.23. The number of hydrogen-bond acceptors (Lipinski definition) is 3. The quantitative estimate of drug-likeness (QED) is 0.642. The predicted octanol–water partition coefficient (Wildman–Crippen LogP) is 4.28. The minimum absolute atomic E-state index is 0.0648. The molecule has 2 heterocycles. The van der Waals surface area contributed by atoms with Crippen molar-refractivity contribution in [1.29, 1.82) is 0 Å². The van der Waals surface area contributed by atoms with Gasteiger partial charge in [0, 0.05) is 12.7 Å². The first kappa shape index (κ1) is 20.4. The van der Waals surface area contributed by atoms with Gasteiger partial charge < -0.3 is 5.32 Å². The van der Waals surface area contributed by atoms with E-state index in [0.29, 0.717) is 18.7 Å². The monoisotopic (exact) mass is 402 g/mol. The van der Waals surface area contributed by atoms with Gasteiger partial charge in [-0.1, -0.05) is 73.5 Å². The average molecular weight is 403 g/mol. The van der Waals surface area contributed by atoms with Crippen LogP contribution in [0, 0.1) is 0 Å². The van der Waals surface area contributed by atoms with Crippen molar-refractivity contribution >= 4 is 5.91 Å². The van der Waals surface area contributed by atoms with Crippen LogP contribution < -0.4 is 5.32 Å². The molecule has 156 valence electrons. The zero-order valence-corrected chi connectivity index (χ0v) is 17.4. The van der Waals surface area contributed by atoms with Crippen LogP contribution in [-0.4, -0.2) is 40.2 Å².